The summed E-state index contributed by atoms with van der Waals surface area (Å²) < 4.78 is 11.3. The molecule has 0 aliphatic heterocycles. The standard InChI is InChI=1S/C26H24N6O4/c27-25(28)17-5-1-15(2-6-17)19-9-13-23(35-19)31-21(33)11-12-22(34)32-24-14-10-20(36-24)16-3-7-18(8-4-16)26(29)30/h1-10,13-14H,11-12H2,(H3,27,28)(H3,29,30)(H,31,33)(H,32,34). The molecule has 0 saturated heterocycles. The van der Waals surface area contributed by atoms with Gasteiger partial charge in [0.15, 0.2) is 11.8 Å². The maximum Gasteiger partial charge on any atom is 0.227 e. The fraction of sp³-hybridized carbons (Fsp3) is 0.0769. The number of anilines is 2. The predicted molar refractivity (Wildman–Crippen MR) is 137 cm³/mol. The highest BCUT2D eigenvalue weighted by Gasteiger charge is 2.13. The molecule has 0 unspecified atom stereocenters. The van der Waals surface area contributed by atoms with Gasteiger partial charge >= 0.3 is 0 Å². The van der Waals surface area contributed by atoms with Crippen LogP contribution in [0.2, 0.25) is 0 Å². The Labute approximate surface area is 206 Å². The van der Waals surface area contributed by atoms with Crippen molar-refractivity contribution in [3.05, 3.63) is 83.9 Å². The van der Waals surface area contributed by atoms with Crippen molar-refractivity contribution in [2.75, 3.05) is 10.6 Å². The lowest BCUT2D eigenvalue weighted by molar-refractivity contribution is -0.121. The van der Waals surface area contributed by atoms with Gasteiger partial charge in [-0.15, -0.1) is 0 Å². The molecule has 2 aromatic heterocycles. The van der Waals surface area contributed by atoms with Gasteiger partial charge in [0.25, 0.3) is 0 Å². The van der Waals surface area contributed by atoms with Crippen LogP contribution >= 0.6 is 0 Å². The molecule has 4 rings (SSSR count). The molecule has 182 valence electrons. The molecule has 0 atom stereocenters. The highest BCUT2D eigenvalue weighted by Crippen LogP contribution is 2.26. The van der Waals surface area contributed by atoms with Crippen LogP contribution in [0.4, 0.5) is 11.8 Å². The van der Waals surface area contributed by atoms with Gasteiger partial charge in [0.2, 0.25) is 11.8 Å². The molecule has 2 amide bonds. The number of carbonyl (C=O) groups is 2. The van der Waals surface area contributed by atoms with Crippen LogP contribution in [-0.2, 0) is 9.59 Å². The first-order valence-electron chi connectivity index (χ1n) is 11.0. The number of amidine groups is 2. The second kappa shape index (κ2) is 10.4. The van der Waals surface area contributed by atoms with Crippen LogP contribution in [0.3, 0.4) is 0 Å². The molecule has 0 spiro atoms. The summed E-state index contributed by atoms with van der Waals surface area (Å²) in [5.41, 5.74) is 13.7. The van der Waals surface area contributed by atoms with E-state index in [4.69, 9.17) is 31.1 Å². The number of nitrogens with one attached hydrogen (secondary N) is 4. The van der Waals surface area contributed by atoms with Gasteiger partial charge in [0.05, 0.1) is 0 Å². The minimum absolute atomic E-state index is 0.0223. The molecular weight excluding hydrogens is 460 g/mol. The van der Waals surface area contributed by atoms with Crippen LogP contribution in [0.5, 0.6) is 0 Å². The maximum atomic E-state index is 12.3. The minimum Gasteiger partial charge on any atom is -0.440 e. The summed E-state index contributed by atoms with van der Waals surface area (Å²) in [7, 11) is 0. The SMILES string of the molecule is N=C(N)c1ccc(-c2ccc(NC(=O)CCC(=O)Nc3ccc(-c4ccc(C(=N)N)cc4)o3)o2)cc1. The Balaban J connectivity index is 1.26. The Kier molecular flexibility index (Phi) is 6.96. The van der Waals surface area contributed by atoms with E-state index in [1.165, 1.54) is 0 Å². The normalized spacial score (nSPS) is 10.6. The van der Waals surface area contributed by atoms with E-state index in [0.29, 0.717) is 22.6 Å². The topological polar surface area (TPSA) is 184 Å². The first-order chi connectivity index (χ1) is 17.3. The molecule has 0 radical (unpaired) electrons. The Bertz CT molecular complexity index is 1310. The summed E-state index contributed by atoms with van der Waals surface area (Å²) in [5, 5.41) is 20.1. The average Bonchev–Trinajstić information content (AvgIpc) is 3.53. The average molecular weight is 485 g/mol. The quantitative estimate of drug-likeness (QED) is 0.153. The third kappa shape index (κ3) is 5.86. The van der Waals surface area contributed by atoms with Gasteiger partial charge < -0.3 is 20.3 Å². The van der Waals surface area contributed by atoms with Gasteiger partial charge in [-0.25, -0.2) is 0 Å². The molecule has 0 aliphatic carbocycles. The Morgan fingerprint density at radius 2 is 0.972 bits per heavy atom. The molecule has 4 aromatic rings. The number of nitrogens with two attached hydrogens (primary N) is 2. The number of carbonyl (C=O) groups excluding carboxylic acids is 2. The third-order valence-corrected chi connectivity index (χ3v) is 5.28. The van der Waals surface area contributed by atoms with Crippen LogP contribution in [0, 0.1) is 10.8 Å². The second-order valence-corrected chi connectivity index (χ2v) is 7.91. The largest absolute Gasteiger partial charge is 0.440 e. The molecule has 10 heteroatoms. The molecule has 0 saturated carbocycles. The zero-order valence-electron chi connectivity index (χ0n) is 19.1. The lowest BCUT2D eigenvalue weighted by Crippen LogP contribution is -2.16. The van der Waals surface area contributed by atoms with Crippen LogP contribution in [0.25, 0.3) is 22.6 Å². The van der Waals surface area contributed by atoms with Crippen LogP contribution in [0.1, 0.15) is 24.0 Å². The monoisotopic (exact) mass is 484 g/mol. The molecule has 10 nitrogen and oxygen atoms in total. The fourth-order valence-corrected chi connectivity index (χ4v) is 3.38. The van der Waals surface area contributed by atoms with E-state index >= 15 is 0 Å². The van der Waals surface area contributed by atoms with Gasteiger partial charge in [0.1, 0.15) is 23.2 Å². The molecule has 0 bridgehead atoms. The zero-order valence-corrected chi connectivity index (χ0v) is 19.1. The van der Waals surface area contributed by atoms with Crippen LogP contribution in [-0.4, -0.2) is 23.5 Å². The Hall–Kier alpha value is -5.12. The molecule has 0 aliphatic rings. The Morgan fingerprint density at radius 3 is 1.31 bits per heavy atom. The number of hydrogen-bond acceptors (Lipinski definition) is 6. The highest BCUT2D eigenvalue weighted by molar-refractivity contribution is 5.97. The lowest BCUT2D eigenvalue weighted by atomic mass is 10.1. The smallest absolute Gasteiger partial charge is 0.227 e. The maximum absolute atomic E-state index is 12.3. The molecular formula is C26H24N6O4. The van der Waals surface area contributed by atoms with E-state index in [2.05, 4.69) is 10.6 Å². The van der Waals surface area contributed by atoms with Crippen LogP contribution in [0.15, 0.2) is 81.6 Å². The van der Waals surface area contributed by atoms with E-state index in [9.17, 15) is 9.59 Å². The third-order valence-electron chi connectivity index (χ3n) is 5.28. The van der Waals surface area contributed by atoms with Crippen molar-refractivity contribution >= 4 is 35.3 Å². The summed E-state index contributed by atoms with van der Waals surface area (Å²) in [4.78, 5) is 24.5. The van der Waals surface area contributed by atoms with Crippen molar-refractivity contribution < 1.29 is 18.4 Å². The van der Waals surface area contributed by atoms with E-state index in [-0.39, 0.29) is 48.1 Å². The summed E-state index contributed by atoms with van der Waals surface area (Å²) in [6.45, 7) is 0. The van der Waals surface area contributed by atoms with E-state index < -0.39 is 0 Å². The fourth-order valence-electron chi connectivity index (χ4n) is 3.38. The number of rotatable bonds is 9. The van der Waals surface area contributed by atoms with Crippen molar-refractivity contribution in [3.63, 3.8) is 0 Å². The number of furan rings is 2. The first-order valence-corrected chi connectivity index (χ1v) is 11.0. The van der Waals surface area contributed by atoms with E-state index in [1.807, 2.05) is 0 Å². The number of hydrogen-bond donors (Lipinski definition) is 6. The Morgan fingerprint density at radius 1 is 0.611 bits per heavy atom. The summed E-state index contributed by atoms with van der Waals surface area (Å²) in [5.74, 6) is 0.824. The molecule has 36 heavy (non-hydrogen) atoms. The van der Waals surface area contributed by atoms with Gasteiger partial charge in [0, 0.05) is 47.2 Å². The first kappa shape index (κ1) is 24.0. The number of nitrogen functional groups attached to an aromatic ring is 2. The predicted octanol–water partition coefficient (Wildman–Crippen LogP) is 4.13. The zero-order chi connectivity index (χ0) is 25.7. The summed E-state index contributed by atoms with van der Waals surface area (Å²) >= 11 is 0. The summed E-state index contributed by atoms with van der Waals surface area (Å²) in [6.07, 6.45) is -0.0928. The molecule has 0 fully saturated rings. The highest BCUT2D eigenvalue weighted by atomic mass is 16.4. The summed E-state index contributed by atoms with van der Waals surface area (Å²) in [6, 6.07) is 20.6. The van der Waals surface area contributed by atoms with Crippen LogP contribution < -0.4 is 22.1 Å². The van der Waals surface area contributed by atoms with Crippen molar-refractivity contribution in [2.24, 2.45) is 11.5 Å². The van der Waals surface area contributed by atoms with Gasteiger partial charge in [-0.3, -0.25) is 31.0 Å². The van der Waals surface area contributed by atoms with Crippen molar-refractivity contribution in [2.45, 2.75) is 12.8 Å². The van der Waals surface area contributed by atoms with Gasteiger partial charge in [-0.2, -0.15) is 0 Å². The van der Waals surface area contributed by atoms with E-state index in [0.717, 1.165) is 11.1 Å². The van der Waals surface area contributed by atoms with Crippen molar-refractivity contribution in [3.8, 4) is 22.6 Å². The van der Waals surface area contributed by atoms with Gasteiger partial charge in [-0.05, 0) is 12.1 Å². The molecule has 2 heterocycles. The molecule has 8 N–H and O–H groups in total. The van der Waals surface area contributed by atoms with Crippen molar-refractivity contribution in [1.29, 1.82) is 10.8 Å². The lowest BCUT2D eigenvalue weighted by Gasteiger charge is -2.04. The van der Waals surface area contributed by atoms with Crippen molar-refractivity contribution in [1.82, 2.24) is 0 Å². The van der Waals surface area contributed by atoms with Gasteiger partial charge in [-0.1, -0.05) is 48.5 Å². The minimum atomic E-state index is -0.372. The van der Waals surface area contributed by atoms with E-state index in [1.54, 1.807) is 72.8 Å². The second-order valence-electron chi connectivity index (χ2n) is 7.91. The number of benzene rings is 2. The number of amides is 2. The molecule has 2 aromatic carbocycles.